The zero-order valence-corrected chi connectivity index (χ0v) is 18.0. The van der Waals surface area contributed by atoms with Gasteiger partial charge in [-0.05, 0) is 75.4 Å². The Morgan fingerprint density at radius 3 is 1.62 bits per heavy atom. The van der Waals surface area contributed by atoms with Gasteiger partial charge in [0, 0.05) is 11.1 Å². The van der Waals surface area contributed by atoms with Crippen molar-refractivity contribution in [3.8, 4) is 22.6 Å². The molecule has 1 heterocycles. The fourth-order valence-electron chi connectivity index (χ4n) is 3.33. The summed E-state index contributed by atoms with van der Waals surface area (Å²) in [6.07, 6.45) is 1.79. The van der Waals surface area contributed by atoms with E-state index in [-0.39, 0.29) is 0 Å². The molecule has 7 heteroatoms. The third kappa shape index (κ3) is 5.10. The molecule has 0 spiro atoms. The fraction of sp³-hybridized carbons (Fsp3) is 0.455. The lowest BCUT2D eigenvalue weighted by atomic mass is 10.1. The van der Waals surface area contributed by atoms with Crippen LogP contribution < -0.4 is 20.1 Å². The van der Waals surface area contributed by atoms with Gasteiger partial charge in [-0.1, -0.05) is 13.8 Å². The maximum Gasteiger partial charge on any atom is 0.207 e. The molecule has 0 unspecified atom stereocenters. The SMILES string of the molecule is CCNCCCOc1ccc2c(c1)-c1cc(OCCCNCC)ccc1S2(=O)=O. The Balaban J connectivity index is 1.75. The average Bonchev–Trinajstić information content (AvgIpc) is 2.94. The van der Waals surface area contributed by atoms with Crippen molar-refractivity contribution < 1.29 is 17.9 Å². The van der Waals surface area contributed by atoms with E-state index in [4.69, 9.17) is 9.47 Å². The van der Waals surface area contributed by atoms with E-state index in [0.717, 1.165) is 39.0 Å². The Morgan fingerprint density at radius 1 is 0.759 bits per heavy atom. The van der Waals surface area contributed by atoms with Gasteiger partial charge in [0.05, 0.1) is 23.0 Å². The van der Waals surface area contributed by atoms with Crippen molar-refractivity contribution in [2.45, 2.75) is 36.5 Å². The zero-order chi connectivity index (χ0) is 20.7. The third-order valence-corrected chi connectivity index (χ3v) is 6.67. The molecular weight excluding hydrogens is 388 g/mol. The van der Waals surface area contributed by atoms with Crippen LogP contribution in [0.3, 0.4) is 0 Å². The van der Waals surface area contributed by atoms with E-state index in [1.165, 1.54) is 0 Å². The summed E-state index contributed by atoms with van der Waals surface area (Å²) in [6, 6.07) is 10.4. The molecule has 0 radical (unpaired) electrons. The largest absolute Gasteiger partial charge is 0.494 e. The molecule has 6 nitrogen and oxygen atoms in total. The van der Waals surface area contributed by atoms with Crippen LogP contribution in [0.1, 0.15) is 26.7 Å². The van der Waals surface area contributed by atoms with E-state index in [0.29, 0.717) is 45.6 Å². The predicted octanol–water partition coefficient (Wildman–Crippen LogP) is 3.26. The molecule has 0 aliphatic carbocycles. The molecule has 0 amide bonds. The molecule has 2 N–H and O–H groups in total. The molecule has 29 heavy (non-hydrogen) atoms. The van der Waals surface area contributed by atoms with E-state index in [1.54, 1.807) is 24.3 Å². The van der Waals surface area contributed by atoms with Crippen molar-refractivity contribution in [1.29, 1.82) is 0 Å². The highest BCUT2D eigenvalue weighted by atomic mass is 32.2. The molecule has 1 aliphatic rings. The molecule has 1 aliphatic heterocycles. The van der Waals surface area contributed by atoms with Gasteiger partial charge in [0.1, 0.15) is 11.5 Å². The summed E-state index contributed by atoms with van der Waals surface area (Å²) in [4.78, 5) is 0.661. The normalized spacial score (nSPS) is 13.7. The Kier molecular flexibility index (Phi) is 7.52. The molecule has 0 bridgehead atoms. The van der Waals surface area contributed by atoms with E-state index in [9.17, 15) is 8.42 Å². The average molecular weight is 419 g/mol. The van der Waals surface area contributed by atoms with Gasteiger partial charge in [0.15, 0.2) is 0 Å². The van der Waals surface area contributed by atoms with Crippen LogP contribution in [-0.2, 0) is 9.84 Å². The second-order valence-corrected chi connectivity index (χ2v) is 8.82. The Bertz CT molecular complexity index is 859. The second kappa shape index (κ2) is 10.1. The molecule has 2 aromatic carbocycles. The highest BCUT2D eigenvalue weighted by Crippen LogP contribution is 2.45. The van der Waals surface area contributed by atoms with E-state index in [1.807, 2.05) is 12.1 Å². The third-order valence-electron chi connectivity index (χ3n) is 4.80. The Hall–Kier alpha value is -2.09. The lowest BCUT2D eigenvalue weighted by Crippen LogP contribution is -2.16. The highest BCUT2D eigenvalue weighted by molar-refractivity contribution is 7.92. The van der Waals surface area contributed by atoms with Crippen molar-refractivity contribution in [2.24, 2.45) is 0 Å². The van der Waals surface area contributed by atoms with Crippen LogP contribution in [0.25, 0.3) is 11.1 Å². The fourth-order valence-corrected chi connectivity index (χ4v) is 4.98. The molecule has 3 rings (SSSR count). The van der Waals surface area contributed by atoms with Gasteiger partial charge in [-0.2, -0.15) is 0 Å². The van der Waals surface area contributed by atoms with Crippen molar-refractivity contribution in [2.75, 3.05) is 39.4 Å². The Morgan fingerprint density at radius 2 is 1.21 bits per heavy atom. The van der Waals surface area contributed by atoms with Crippen LogP contribution in [0, 0.1) is 0 Å². The lowest BCUT2D eigenvalue weighted by molar-refractivity contribution is 0.308. The first-order valence-corrected chi connectivity index (χ1v) is 11.8. The van der Waals surface area contributed by atoms with Gasteiger partial charge in [-0.3, -0.25) is 0 Å². The zero-order valence-electron chi connectivity index (χ0n) is 17.2. The van der Waals surface area contributed by atoms with Gasteiger partial charge in [0.25, 0.3) is 0 Å². The molecule has 0 saturated carbocycles. The van der Waals surface area contributed by atoms with Crippen molar-refractivity contribution in [1.82, 2.24) is 10.6 Å². The van der Waals surface area contributed by atoms with Crippen LogP contribution in [0.2, 0.25) is 0 Å². The molecule has 0 saturated heterocycles. The first-order chi connectivity index (χ1) is 14.1. The van der Waals surface area contributed by atoms with Crippen molar-refractivity contribution in [3.63, 3.8) is 0 Å². The highest BCUT2D eigenvalue weighted by Gasteiger charge is 2.33. The van der Waals surface area contributed by atoms with Crippen LogP contribution in [0.15, 0.2) is 46.2 Å². The number of nitrogens with one attached hydrogen (secondary N) is 2. The molecular formula is C22H30N2O4S. The van der Waals surface area contributed by atoms with E-state index >= 15 is 0 Å². The minimum Gasteiger partial charge on any atom is -0.494 e. The number of sulfone groups is 1. The van der Waals surface area contributed by atoms with Crippen LogP contribution in [-0.4, -0.2) is 47.8 Å². The minimum atomic E-state index is -3.49. The maximum absolute atomic E-state index is 12.9. The van der Waals surface area contributed by atoms with Gasteiger partial charge >= 0.3 is 0 Å². The summed E-state index contributed by atoms with van der Waals surface area (Å²) >= 11 is 0. The monoisotopic (exact) mass is 418 g/mol. The number of hydrogen-bond donors (Lipinski definition) is 2. The van der Waals surface area contributed by atoms with Crippen molar-refractivity contribution in [3.05, 3.63) is 36.4 Å². The predicted molar refractivity (Wildman–Crippen MR) is 115 cm³/mol. The lowest BCUT2D eigenvalue weighted by Gasteiger charge is -2.09. The van der Waals surface area contributed by atoms with Gasteiger partial charge < -0.3 is 20.1 Å². The molecule has 0 atom stereocenters. The quantitative estimate of drug-likeness (QED) is 0.440. The maximum atomic E-state index is 12.9. The van der Waals surface area contributed by atoms with Crippen LogP contribution in [0.5, 0.6) is 11.5 Å². The van der Waals surface area contributed by atoms with Gasteiger partial charge in [-0.15, -0.1) is 0 Å². The molecule has 2 aromatic rings. The summed E-state index contributed by atoms with van der Waals surface area (Å²) in [5, 5.41) is 6.51. The summed E-state index contributed by atoms with van der Waals surface area (Å²) in [6.45, 7) is 8.97. The number of hydrogen-bond acceptors (Lipinski definition) is 6. The smallest absolute Gasteiger partial charge is 0.207 e. The topological polar surface area (TPSA) is 76.7 Å². The molecule has 0 fully saturated rings. The van der Waals surface area contributed by atoms with Crippen molar-refractivity contribution >= 4 is 9.84 Å². The summed E-state index contributed by atoms with van der Waals surface area (Å²) < 4.78 is 37.4. The Labute approximate surface area is 173 Å². The van der Waals surface area contributed by atoms with E-state index < -0.39 is 9.84 Å². The first-order valence-electron chi connectivity index (χ1n) is 10.3. The number of benzene rings is 2. The molecule has 158 valence electrons. The van der Waals surface area contributed by atoms with Crippen LogP contribution >= 0.6 is 0 Å². The number of fused-ring (bicyclic) bond motifs is 3. The minimum absolute atomic E-state index is 0.330. The van der Waals surface area contributed by atoms with Crippen LogP contribution in [0.4, 0.5) is 0 Å². The summed E-state index contributed by atoms with van der Waals surface area (Å²) in [5.74, 6) is 1.36. The second-order valence-electron chi connectivity index (χ2n) is 6.93. The summed E-state index contributed by atoms with van der Waals surface area (Å²) in [7, 11) is -3.49. The van der Waals surface area contributed by atoms with E-state index in [2.05, 4.69) is 24.5 Å². The number of rotatable bonds is 12. The molecule has 0 aromatic heterocycles. The summed E-state index contributed by atoms with van der Waals surface area (Å²) in [5.41, 5.74) is 1.37. The van der Waals surface area contributed by atoms with Gasteiger partial charge in [0.2, 0.25) is 9.84 Å². The van der Waals surface area contributed by atoms with Gasteiger partial charge in [-0.25, -0.2) is 8.42 Å². The first kappa shape index (κ1) is 21.6. The number of ether oxygens (including phenoxy) is 2. The standard InChI is InChI=1S/C22H30N2O4S/c1-3-23-11-5-13-27-17-7-9-21-19(15-17)20-16-18(28-14-6-12-24-4-2)8-10-22(20)29(21,25)26/h7-10,15-16,23-24H,3-6,11-14H2,1-2H3.